The highest BCUT2D eigenvalue weighted by Crippen LogP contribution is 2.22. The van der Waals surface area contributed by atoms with Crippen molar-refractivity contribution in [2.45, 2.75) is 45.1 Å². The predicted octanol–water partition coefficient (Wildman–Crippen LogP) is 0.635. The van der Waals surface area contributed by atoms with E-state index in [9.17, 15) is 14.7 Å². The molecule has 0 aliphatic carbocycles. The number of amides is 2. The van der Waals surface area contributed by atoms with Gasteiger partial charge in [-0.2, -0.15) is 0 Å². The smallest absolute Gasteiger partial charge is 0.248 e. The molecule has 1 N–H and O–H groups in total. The van der Waals surface area contributed by atoms with Gasteiger partial charge in [-0.1, -0.05) is 0 Å². The Morgan fingerprint density at radius 1 is 1.05 bits per heavy atom. The Labute approximate surface area is 132 Å². The van der Waals surface area contributed by atoms with Crippen LogP contribution in [0.15, 0.2) is 0 Å². The third-order valence-corrected chi connectivity index (χ3v) is 4.64. The lowest BCUT2D eigenvalue weighted by atomic mass is 9.95. The van der Waals surface area contributed by atoms with E-state index in [0.29, 0.717) is 32.7 Å². The number of ether oxygens (including phenoxy) is 1. The number of carbonyl (C=O) groups is 2. The molecule has 0 aromatic rings. The molecular formula is C16H28N2O4. The summed E-state index contributed by atoms with van der Waals surface area (Å²) in [6.07, 6.45) is 3.53. The molecular weight excluding hydrogens is 284 g/mol. The standard InChI is InChI=1S/C16H28N2O4/c1-2-22-12-15(20)17-9-5-13(6-10-17)16(21)18-8-3-4-14(19)7-11-18/h13-14,19H,2-12H2,1H3/t14-/m0/s1. The molecule has 0 unspecified atom stereocenters. The van der Waals surface area contributed by atoms with Crippen molar-refractivity contribution in [3.05, 3.63) is 0 Å². The van der Waals surface area contributed by atoms with Crippen LogP contribution in [0.25, 0.3) is 0 Å². The Kier molecular flexibility index (Phi) is 6.64. The molecule has 2 aliphatic heterocycles. The van der Waals surface area contributed by atoms with Crippen molar-refractivity contribution in [1.29, 1.82) is 0 Å². The summed E-state index contributed by atoms with van der Waals surface area (Å²) in [4.78, 5) is 28.2. The number of nitrogens with zero attached hydrogens (tertiary/aromatic N) is 2. The lowest BCUT2D eigenvalue weighted by Crippen LogP contribution is -2.45. The number of hydrogen-bond donors (Lipinski definition) is 1. The van der Waals surface area contributed by atoms with E-state index in [4.69, 9.17) is 4.74 Å². The van der Waals surface area contributed by atoms with Crippen LogP contribution < -0.4 is 0 Å². The average molecular weight is 312 g/mol. The summed E-state index contributed by atoms with van der Waals surface area (Å²) in [5.41, 5.74) is 0. The monoisotopic (exact) mass is 312 g/mol. The van der Waals surface area contributed by atoms with Crippen molar-refractivity contribution in [3.63, 3.8) is 0 Å². The van der Waals surface area contributed by atoms with E-state index in [1.165, 1.54) is 0 Å². The maximum Gasteiger partial charge on any atom is 0.248 e. The van der Waals surface area contributed by atoms with E-state index >= 15 is 0 Å². The number of aliphatic hydroxyl groups is 1. The van der Waals surface area contributed by atoms with Crippen molar-refractivity contribution < 1.29 is 19.4 Å². The van der Waals surface area contributed by atoms with Gasteiger partial charge in [-0.3, -0.25) is 9.59 Å². The molecule has 2 fully saturated rings. The first kappa shape index (κ1) is 17.2. The maximum absolute atomic E-state index is 12.6. The first-order valence-corrected chi connectivity index (χ1v) is 8.44. The van der Waals surface area contributed by atoms with Gasteiger partial charge in [0.25, 0.3) is 0 Å². The Morgan fingerprint density at radius 2 is 1.73 bits per heavy atom. The first-order chi connectivity index (χ1) is 10.6. The first-order valence-electron chi connectivity index (χ1n) is 8.44. The van der Waals surface area contributed by atoms with Crippen molar-refractivity contribution >= 4 is 11.8 Å². The van der Waals surface area contributed by atoms with Crippen molar-refractivity contribution in [3.8, 4) is 0 Å². The van der Waals surface area contributed by atoms with Gasteiger partial charge < -0.3 is 19.6 Å². The largest absolute Gasteiger partial charge is 0.393 e. The molecule has 0 aromatic carbocycles. The lowest BCUT2D eigenvalue weighted by Gasteiger charge is -2.34. The molecule has 2 rings (SSSR count). The second-order valence-corrected chi connectivity index (χ2v) is 6.20. The Hall–Kier alpha value is -1.14. The number of rotatable bonds is 4. The average Bonchev–Trinajstić information content (AvgIpc) is 2.76. The number of likely N-dealkylation sites (tertiary alicyclic amines) is 2. The van der Waals surface area contributed by atoms with Gasteiger partial charge in [-0.25, -0.2) is 0 Å². The van der Waals surface area contributed by atoms with Crippen molar-refractivity contribution in [2.75, 3.05) is 39.4 Å². The van der Waals surface area contributed by atoms with Gasteiger partial charge >= 0.3 is 0 Å². The fourth-order valence-electron chi connectivity index (χ4n) is 3.21. The van der Waals surface area contributed by atoms with Crippen LogP contribution in [-0.4, -0.2) is 72.2 Å². The molecule has 2 amide bonds. The van der Waals surface area contributed by atoms with Gasteiger partial charge in [-0.05, 0) is 39.0 Å². The molecule has 0 radical (unpaired) electrons. The van der Waals surface area contributed by atoms with Crippen LogP contribution in [0.5, 0.6) is 0 Å². The van der Waals surface area contributed by atoms with Crippen LogP contribution in [-0.2, 0) is 14.3 Å². The van der Waals surface area contributed by atoms with E-state index in [-0.39, 0.29) is 30.4 Å². The van der Waals surface area contributed by atoms with Gasteiger partial charge in [0, 0.05) is 38.7 Å². The van der Waals surface area contributed by atoms with Gasteiger partial charge in [-0.15, -0.1) is 0 Å². The number of hydrogen-bond acceptors (Lipinski definition) is 4. The van der Waals surface area contributed by atoms with E-state index in [1.54, 1.807) is 4.90 Å². The van der Waals surface area contributed by atoms with Crippen LogP contribution >= 0.6 is 0 Å². The minimum atomic E-state index is -0.268. The van der Waals surface area contributed by atoms with Gasteiger partial charge in [0.1, 0.15) is 6.61 Å². The zero-order valence-corrected chi connectivity index (χ0v) is 13.5. The number of carbonyl (C=O) groups excluding carboxylic acids is 2. The summed E-state index contributed by atoms with van der Waals surface area (Å²) < 4.78 is 5.15. The maximum atomic E-state index is 12.6. The Bertz CT molecular complexity index is 380. The predicted molar refractivity (Wildman–Crippen MR) is 82.2 cm³/mol. The summed E-state index contributed by atoms with van der Waals surface area (Å²) in [6, 6.07) is 0. The number of piperidine rings is 1. The third kappa shape index (κ3) is 4.68. The van der Waals surface area contributed by atoms with Gasteiger partial charge in [0.05, 0.1) is 6.10 Å². The molecule has 2 saturated heterocycles. The molecule has 6 heteroatoms. The molecule has 2 heterocycles. The second-order valence-electron chi connectivity index (χ2n) is 6.20. The molecule has 0 bridgehead atoms. The minimum absolute atomic E-state index is 0.0191. The summed E-state index contributed by atoms with van der Waals surface area (Å²) in [7, 11) is 0. The normalized spacial score (nSPS) is 24.2. The molecule has 1 atom stereocenters. The van der Waals surface area contributed by atoms with Crippen LogP contribution in [0.3, 0.4) is 0 Å². The summed E-state index contributed by atoms with van der Waals surface area (Å²) >= 11 is 0. The van der Waals surface area contributed by atoms with E-state index < -0.39 is 0 Å². The van der Waals surface area contributed by atoms with Crippen LogP contribution in [0, 0.1) is 5.92 Å². The van der Waals surface area contributed by atoms with Crippen LogP contribution in [0.1, 0.15) is 39.0 Å². The lowest BCUT2D eigenvalue weighted by molar-refractivity contribution is -0.142. The third-order valence-electron chi connectivity index (χ3n) is 4.64. The minimum Gasteiger partial charge on any atom is -0.393 e. The zero-order chi connectivity index (χ0) is 15.9. The summed E-state index contributed by atoms with van der Waals surface area (Å²) in [5, 5.41) is 9.67. The fourth-order valence-corrected chi connectivity index (χ4v) is 3.21. The zero-order valence-electron chi connectivity index (χ0n) is 13.5. The van der Waals surface area contributed by atoms with Crippen molar-refractivity contribution in [1.82, 2.24) is 9.80 Å². The van der Waals surface area contributed by atoms with Crippen molar-refractivity contribution in [2.24, 2.45) is 5.92 Å². The molecule has 126 valence electrons. The summed E-state index contributed by atoms with van der Waals surface area (Å²) in [5.74, 6) is 0.239. The van der Waals surface area contributed by atoms with E-state index in [0.717, 1.165) is 32.2 Å². The highest BCUT2D eigenvalue weighted by atomic mass is 16.5. The SMILES string of the molecule is CCOCC(=O)N1CCC(C(=O)N2CCC[C@H](O)CC2)CC1. The molecule has 2 aliphatic rings. The molecule has 0 spiro atoms. The molecule has 0 saturated carbocycles. The van der Waals surface area contributed by atoms with Crippen LogP contribution in [0.2, 0.25) is 0 Å². The fraction of sp³-hybridized carbons (Fsp3) is 0.875. The highest BCUT2D eigenvalue weighted by Gasteiger charge is 2.30. The molecule has 0 aromatic heterocycles. The quantitative estimate of drug-likeness (QED) is 0.827. The summed E-state index contributed by atoms with van der Waals surface area (Å²) in [6.45, 7) is 5.23. The van der Waals surface area contributed by atoms with Crippen LogP contribution in [0.4, 0.5) is 0 Å². The highest BCUT2D eigenvalue weighted by molar-refractivity contribution is 5.80. The Balaban J connectivity index is 1.78. The number of aliphatic hydroxyl groups excluding tert-OH is 1. The molecule has 6 nitrogen and oxygen atoms in total. The second kappa shape index (κ2) is 8.48. The van der Waals surface area contributed by atoms with E-state index in [1.807, 2.05) is 11.8 Å². The topological polar surface area (TPSA) is 70.1 Å². The van der Waals surface area contributed by atoms with E-state index in [2.05, 4.69) is 0 Å². The molecule has 22 heavy (non-hydrogen) atoms. The Morgan fingerprint density at radius 3 is 2.41 bits per heavy atom. The van der Waals surface area contributed by atoms with Gasteiger partial charge in [0.2, 0.25) is 11.8 Å². The van der Waals surface area contributed by atoms with Gasteiger partial charge in [0.15, 0.2) is 0 Å².